The minimum Gasteiger partial charge on any atom is -0.370 e. The number of rotatable bonds is 6. The zero-order chi connectivity index (χ0) is 22.6. The van der Waals surface area contributed by atoms with Gasteiger partial charge in [-0.15, -0.1) is 0 Å². The Bertz CT molecular complexity index is 963. The van der Waals surface area contributed by atoms with Crippen molar-refractivity contribution in [1.29, 1.82) is 0 Å². The molecule has 2 heterocycles. The predicted molar refractivity (Wildman–Crippen MR) is 121 cm³/mol. The first-order valence-corrected chi connectivity index (χ1v) is 11.3. The molecule has 2 fully saturated rings. The van der Waals surface area contributed by atoms with E-state index >= 15 is 0 Å². The van der Waals surface area contributed by atoms with Crippen LogP contribution in [0.1, 0.15) is 42.4 Å². The first-order valence-electron chi connectivity index (χ1n) is 11.3. The number of aryl methyl sites for hydroxylation is 1. The zero-order valence-corrected chi connectivity index (χ0v) is 18.4. The van der Waals surface area contributed by atoms with E-state index in [1.807, 2.05) is 0 Å². The Morgan fingerprint density at radius 1 is 1.12 bits per heavy atom. The molecule has 170 valence electrons. The van der Waals surface area contributed by atoms with Crippen molar-refractivity contribution < 1.29 is 18.3 Å². The number of carbonyl (C=O) groups is 1. The second kappa shape index (κ2) is 9.92. The summed E-state index contributed by atoms with van der Waals surface area (Å²) < 4.78 is 33.7. The molecule has 1 unspecified atom stereocenters. The fraction of sp³-hybridized carbons (Fsp3) is 0.423. The lowest BCUT2D eigenvalue weighted by Gasteiger charge is -2.39. The Morgan fingerprint density at radius 2 is 1.84 bits per heavy atom. The van der Waals surface area contributed by atoms with Crippen LogP contribution in [-0.4, -0.2) is 42.1 Å². The van der Waals surface area contributed by atoms with Crippen molar-refractivity contribution in [1.82, 2.24) is 10.2 Å². The van der Waals surface area contributed by atoms with E-state index in [0.29, 0.717) is 6.54 Å². The predicted octanol–water partition coefficient (Wildman–Crippen LogP) is 4.62. The summed E-state index contributed by atoms with van der Waals surface area (Å²) in [4.78, 5) is 14.6. The molecule has 0 aromatic heterocycles. The molecule has 4 nitrogen and oxygen atoms in total. The van der Waals surface area contributed by atoms with E-state index in [0.717, 1.165) is 51.4 Å². The number of amides is 1. The lowest BCUT2D eigenvalue weighted by molar-refractivity contribution is -0.118. The first kappa shape index (κ1) is 22.6. The molecule has 1 N–H and O–H groups in total. The van der Waals surface area contributed by atoms with Gasteiger partial charge in [0.2, 0.25) is 5.91 Å². The molecule has 2 aliphatic heterocycles. The number of ether oxygens (including phenoxy) is 1. The van der Waals surface area contributed by atoms with Crippen LogP contribution in [0.25, 0.3) is 6.08 Å². The van der Waals surface area contributed by atoms with Gasteiger partial charge in [0.15, 0.2) is 0 Å². The second-order valence-electron chi connectivity index (χ2n) is 8.88. The number of hydrogen-bond donors (Lipinski definition) is 1. The number of carbonyl (C=O) groups excluding carboxylic acids is 1. The van der Waals surface area contributed by atoms with Gasteiger partial charge >= 0.3 is 0 Å². The first-order chi connectivity index (χ1) is 15.4. The Hall–Kier alpha value is -2.57. The number of nitrogens with one attached hydrogen (secondary N) is 1. The van der Waals surface area contributed by atoms with Gasteiger partial charge in [-0.2, -0.15) is 0 Å². The molecule has 0 bridgehead atoms. The lowest BCUT2D eigenvalue weighted by atomic mass is 9.88. The number of piperidine rings is 1. The Labute approximate surface area is 188 Å². The highest BCUT2D eigenvalue weighted by atomic mass is 19.1. The van der Waals surface area contributed by atoms with Gasteiger partial charge in [0.25, 0.3) is 0 Å². The summed E-state index contributed by atoms with van der Waals surface area (Å²) in [5.74, 6) is -1.77. The van der Waals surface area contributed by atoms with Crippen LogP contribution in [0.15, 0.2) is 48.5 Å². The third kappa shape index (κ3) is 5.43. The van der Waals surface area contributed by atoms with Gasteiger partial charge in [-0.3, -0.25) is 9.69 Å². The Balaban J connectivity index is 1.22. The van der Waals surface area contributed by atoms with Crippen molar-refractivity contribution >= 4 is 12.0 Å². The van der Waals surface area contributed by atoms with Crippen LogP contribution in [-0.2, 0) is 16.1 Å². The molecular formula is C26H30F2N2O2. The van der Waals surface area contributed by atoms with Gasteiger partial charge in [-0.25, -0.2) is 8.78 Å². The third-order valence-electron chi connectivity index (χ3n) is 6.67. The molecule has 2 aromatic carbocycles. The van der Waals surface area contributed by atoms with Crippen LogP contribution < -0.4 is 5.32 Å². The maximum atomic E-state index is 13.7. The number of halogens is 2. The van der Waals surface area contributed by atoms with Gasteiger partial charge in [0.05, 0.1) is 11.7 Å². The normalized spacial score (nSPS) is 20.8. The average Bonchev–Trinajstić information content (AvgIpc) is 3.18. The molecule has 1 amide bonds. The maximum absolute atomic E-state index is 13.7. The largest absolute Gasteiger partial charge is 0.370 e. The van der Waals surface area contributed by atoms with Crippen LogP contribution in [0.3, 0.4) is 0 Å². The summed E-state index contributed by atoms with van der Waals surface area (Å²) >= 11 is 0. The van der Waals surface area contributed by atoms with E-state index in [2.05, 4.69) is 41.4 Å². The topological polar surface area (TPSA) is 41.6 Å². The molecule has 0 aliphatic carbocycles. The Kier molecular flexibility index (Phi) is 7.01. The maximum Gasteiger partial charge on any atom is 0.244 e. The molecule has 32 heavy (non-hydrogen) atoms. The van der Waals surface area contributed by atoms with Crippen molar-refractivity contribution in [3.05, 3.63) is 76.9 Å². The van der Waals surface area contributed by atoms with Crippen LogP contribution in [0.2, 0.25) is 0 Å². The summed E-state index contributed by atoms with van der Waals surface area (Å²) in [5, 5.41) is 2.80. The van der Waals surface area contributed by atoms with Crippen molar-refractivity contribution in [2.45, 2.75) is 50.9 Å². The molecule has 2 aromatic rings. The SMILES string of the molecule is Cc1ccccc1CN1CCC2(CCC(CNC(=O)/C=C/c3c(F)cccc3F)O2)CC1. The number of nitrogens with zero attached hydrogens (tertiary/aromatic N) is 1. The van der Waals surface area contributed by atoms with Crippen LogP contribution in [0, 0.1) is 18.6 Å². The summed E-state index contributed by atoms with van der Waals surface area (Å²) in [5.41, 5.74) is 2.40. The van der Waals surface area contributed by atoms with Gasteiger partial charge in [-0.05, 0) is 61.9 Å². The number of hydrogen-bond acceptors (Lipinski definition) is 3. The second-order valence-corrected chi connectivity index (χ2v) is 8.88. The molecular weight excluding hydrogens is 410 g/mol. The van der Waals surface area contributed by atoms with Crippen molar-refractivity contribution in [3.8, 4) is 0 Å². The molecule has 2 aliphatic rings. The van der Waals surface area contributed by atoms with E-state index in [1.165, 1.54) is 35.4 Å². The Morgan fingerprint density at radius 3 is 2.56 bits per heavy atom. The molecule has 4 rings (SSSR count). The van der Waals surface area contributed by atoms with Gasteiger partial charge in [0, 0.05) is 37.8 Å². The molecule has 1 atom stereocenters. The third-order valence-corrected chi connectivity index (χ3v) is 6.67. The van der Waals surface area contributed by atoms with Crippen molar-refractivity contribution in [3.63, 3.8) is 0 Å². The molecule has 0 radical (unpaired) electrons. The molecule has 0 saturated carbocycles. The molecule has 6 heteroatoms. The fourth-order valence-corrected chi connectivity index (χ4v) is 4.66. The fourth-order valence-electron chi connectivity index (χ4n) is 4.66. The van der Waals surface area contributed by atoms with E-state index < -0.39 is 11.6 Å². The monoisotopic (exact) mass is 440 g/mol. The van der Waals surface area contributed by atoms with Crippen LogP contribution in [0.4, 0.5) is 8.78 Å². The molecule has 1 spiro atoms. The molecule has 2 saturated heterocycles. The summed E-state index contributed by atoms with van der Waals surface area (Å²) in [7, 11) is 0. The standard InChI is InChI=1S/C26H30F2N2O2/c1-19-5-2-3-6-20(19)18-30-15-13-26(14-16-30)12-11-21(32-26)17-29-25(31)10-9-22-23(27)7-4-8-24(22)28/h2-10,21H,11-18H2,1H3,(H,29,31)/b10-9+. The van der Waals surface area contributed by atoms with Gasteiger partial charge in [0.1, 0.15) is 11.6 Å². The average molecular weight is 441 g/mol. The minimum atomic E-state index is -0.691. The zero-order valence-electron chi connectivity index (χ0n) is 18.4. The van der Waals surface area contributed by atoms with Crippen LogP contribution >= 0.6 is 0 Å². The van der Waals surface area contributed by atoms with Crippen molar-refractivity contribution in [2.75, 3.05) is 19.6 Å². The summed E-state index contributed by atoms with van der Waals surface area (Å²) in [6, 6.07) is 12.1. The van der Waals surface area contributed by atoms with Crippen molar-refractivity contribution in [2.24, 2.45) is 0 Å². The van der Waals surface area contributed by atoms with Gasteiger partial charge < -0.3 is 10.1 Å². The minimum absolute atomic E-state index is 0.0273. The lowest BCUT2D eigenvalue weighted by Crippen LogP contribution is -2.44. The van der Waals surface area contributed by atoms with E-state index in [1.54, 1.807) is 0 Å². The number of benzene rings is 2. The van der Waals surface area contributed by atoms with Gasteiger partial charge in [-0.1, -0.05) is 30.3 Å². The van der Waals surface area contributed by atoms with E-state index in [4.69, 9.17) is 4.74 Å². The highest BCUT2D eigenvalue weighted by molar-refractivity contribution is 5.91. The summed E-state index contributed by atoms with van der Waals surface area (Å²) in [6.45, 7) is 5.53. The number of likely N-dealkylation sites (tertiary alicyclic amines) is 1. The highest BCUT2D eigenvalue weighted by Crippen LogP contribution is 2.39. The van der Waals surface area contributed by atoms with Crippen LogP contribution in [0.5, 0.6) is 0 Å². The quantitative estimate of drug-likeness (QED) is 0.667. The van der Waals surface area contributed by atoms with E-state index in [9.17, 15) is 13.6 Å². The smallest absolute Gasteiger partial charge is 0.244 e. The highest BCUT2D eigenvalue weighted by Gasteiger charge is 2.42. The summed E-state index contributed by atoms with van der Waals surface area (Å²) in [6.07, 6.45) is 6.20. The van der Waals surface area contributed by atoms with E-state index in [-0.39, 0.29) is 23.2 Å².